The first-order valence-electron chi connectivity index (χ1n) is 8.25. The number of hydrogen-bond acceptors (Lipinski definition) is 3. The molecule has 5 nitrogen and oxygen atoms in total. The van der Waals surface area contributed by atoms with Gasteiger partial charge in [0.1, 0.15) is 0 Å². The number of nitrogens with zero attached hydrogens (tertiary/aromatic N) is 2. The van der Waals surface area contributed by atoms with Crippen molar-refractivity contribution in [3.63, 3.8) is 0 Å². The molecule has 1 amide bonds. The predicted molar refractivity (Wildman–Crippen MR) is 91.6 cm³/mol. The Morgan fingerprint density at radius 2 is 2.00 bits per heavy atom. The number of allylic oxidation sites excluding steroid dienone is 1. The zero-order valence-corrected chi connectivity index (χ0v) is 14.2. The van der Waals surface area contributed by atoms with Crippen molar-refractivity contribution in [1.82, 2.24) is 14.8 Å². The fourth-order valence-electron chi connectivity index (χ4n) is 3.40. The summed E-state index contributed by atoms with van der Waals surface area (Å²) in [5, 5.41) is 3.09. The lowest BCUT2D eigenvalue weighted by atomic mass is 9.80. The van der Waals surface area contributed by atoms with E-state index in [1.807, 2.05) is 12.2 Å². The molecule has 2 heterocycles. The smallest absolute Gasteiger partial charge is 0.254 e. The molecule has 5 heteroatoms. The van der Waals surface area contributed by atoms with Crippen LogP contribution in [0.25, 0.3) is 6.08 Å². The molecule has 1 aromatic heterocycles. The highest BCUT2D eigenvalue weighted by Crippen LogP contribution is 2.29. The normalized spacial score (nSPS) is 19.6. The van der Waals surface area contributed by atoms with Gasteiger partial charge in [0.25, 0.3) is 11.5 Å². The third-order valence-electron chi connectivity index (χ3n) is 5.24. The van der Waals surface area contributed by atoms with Gasteiger partial charge in [-0.25, -0.2) is 0 Å². The van der Waals surface area contributed by atoms with Gasteiger partial charge in [0.2, 0.25) is 0 Å². The summed E-state index contributed by atoms with van der Waals surface area (Å²) >= 11 is 0. The summed E-state index contributed by atoms with van der Waals surface area (Å²) in [6.45, 7) is 5.07. The Balaban J connectivity index is 1.75. The van der Waals surface area contributed by atoms with Gasteiger partial charge in [0, 0.05) is 25.4 Å². The van der Waals surface area contributed by atoms with E-state index in [-0.39, 0.29) is 16.9 Å². The van der Waals surface area contributed by atoms with Crippen molar-refractivity contribution >= 4 is 12.0 Å². The van der Waals surface area contributed by atoms with Gasteiger partial charge in [0.05, 0.1) is 5.56 Å². The highest BCUT2D eigenvalue weighted by molar-refractivity contribution is 5.98. The molecule has 2 aliphatic rings. The molecule has 0 aromatic carbocycles. The highest BCUT2D eigenvalue weighted by Gasteiger charge is 2.30. The molecule has 3 rings (SSSR count). The minimum absolute atomic E-state index is 0.0103. The molecule has 23 heavy (non-hydrogen) atoms. The van der Waals surface area contributed by atoms with Gasteiger partial charge >= 0.3 is 0 Å². The predicted octanol–water partition coefficient (Wildman–Crippen LogP) is 1.42. The number of piperidine rings is 1. The molecule has 1 aliphatic heterocycles. The molecule has 1 aromatic rings. The van der Waals surface area contributed by atoms with Crippen LogP contribution in [0.3, 0.4) is 0 Å². The summed E-state index contributed by atoms with van der Waals surface area (Å²) in [4.78, 5) is 27.1. The largest absolute Gasteiger partial charge is 0.351 e. The van der Waals surface area contributed by atoms with Crippen LogP contribution in [-0.4, -0.2) is 42.1 Å². The first-order valence-corrected chi connectivity index (χ1v) is 8.25. The molecule has 124 valence electrons. The number of hydrogen-bond donors (Lipinski definition) is 1. The van der Waals surface area contributed by atoms with Crippen LogP contribution in [0.5, 0.6) is 0 Å². The van der Waals surface area contributed by atoms with Gasteiger partial charge in [-0.3, -0.25) is 9.59 Å². The number of nitrogens with one attached hydrogen (secondary N) is 1. The maximum atomic E-state index is 12.6. The van der Waals surface area contributed by atoms with Crippen molar-refractivity contribution in [1.29, 1.82) is 0 Å². The van der Waals surface area contributed by atoms with E-state index in [4.69, 9.17) is 0 Å². The van der Waals surface area contributed by atoms with Crippen LogP contribution in [-0.2, 0) is 13.5 Å². The fraction of sp³-hybridized carbons (Fsp3) is 0.556. The lowest BCUT2D eigenvalue weighted by Gasteiger charge is -2.38. The summed E-state index contributed by atoms with van der Waals surface area (Å²) in [5.74, 6) is -0.0800. The number of carbonyl (C=O) groups excluding carboxylic acids is 1. The fourth-order valence-corrected chi connectivity index (χ4v) is 3.40. The van der Waals surface area contributed by atoms with Crippen molar-refractivity contribution in [2.24, 2.45) is 12.5 Å². The lowest BCUT2D eigenvalue weighted by Crippen LogP contribution is -2.43. The summed E-state index contributed by atoms with van der Waals surface area (Å²) in [7, 11) is 3.84. The number of amides is 1. The van der Waals surface area contributed by atoms with Crippen LogP contribution in [0.15, 0.2) is 17.1 Å². The van der Waals surface area contributed by atoms with Gasteiger partial charge in [-0.1, -0.05) is 19.1 Å². The van der Waals surface area contributed by atoms with E-state index in [9.17, 15) is 9.59 Å². The number of aromatic nitrogens is 1. The number of likely N-dealkylation sites (tertiary alicyclic amines) is 1. The number of fused-ring (bicyclic) bond motifs is 1. The molecular weight excluding hydrogens is 290 g/mol. The minimum atomic E-state index is -0.0800. The minimum Gasteiger partial charge on any atom is -0.351 e. The van der Waals surface area contributed by atoms with Crippen molar-refractivity contribution in [3.05, 3.63) is 39.3 Å². The van der Waals surface area contributed by atoms with Crippen LogP contribution in [0.1, 0.15) is 41.3 Å². The molecule has 1 fully saturated rings. The van der Waals surface area contributed by atoms with Gasteiger partial charge < -0.3 is 14.8 Å². The Hall–Kier alpha value is -1.88. The Kier molecular flexibility index (Phi) is 4.15. The molecule has 1 aliphatic carbocycles. The van der Waals surface area contributed by atoms with Crippen LogP contribution in [0.4, 0.5) is 0 Å². The Labute approximate surface area is 137 Å². The molecule has 0 unspecified atom stereocenters. The van der Waals surface area contributed by atoms with Gasteiger partial charge in [-0.05, 0) is 50.4 Å². The van der Waals surface area contributed by atoms with Gasteiger partial charge in [0.15, 0.2) is 0 Å². The number of carbonyl (C=O) groups is 1. The molecule has 0 bridgehead atoms. The molecular formula is C18H25N3O2. The number of pyridine rings is 1. The standard InChI is InChI=1S/C18H25N3O2/c1-18(7-9-20(2)10-8-18)12-19-16(22)15-11-21(3)17(23)14-6-4-5-13(14)15/h4-5,11H,6-10,12H2,1-3H3,(H,19,22). The van der Waals surface area contributed by atoms with Gasteiger partial charge in [-0.2, -0.15) is 0 Å². The van der Waals surface area contributed by atoms with Crippen molar-refractivity contribution in [3.8, 4) is 0 Å². The quantitative estimate of drug-likeness (QED) is 0.918. The Morgan fingerprint density at radius 3 is 2.70 bits per heavy atom. The number of aryl methyl sites for hydroxylation is 1. The van der Waals surface area contributed by atoms with Crippen LogP contribution in [0, 0.1) is 5.41 Å². The first-order chi connectivity index (χ1) is 10.9. The molecule has 0 atom stereocenters. The van der Waals surface area contributed by atoms with Crippen molar-refractivity contribution in [2.45, 2.75) is 26.2 Å². The van der Waals surface area contributed by atoms with E-state index < -0.39 is 0 Å². The zero-order chi connectivity index (χ0) is 16.6. The molecule has 0 saturated carbocycles. The van der Waals surface area contributed by atoms with Crippen molar-refractivity contribution < 1.29 is 4.79 Å². The molecule has 1 saturated heterocycles. The molecule has 0 spiro atoms. The highest BCUT2D eigenvalue weighted by atomic mass is 16.2. The monoisotopic (exact) mass is 315 g/mol. The second kappa shape index (κ2) is 5.96. The third-order valence-corrected chi connectivity index (χ3v) is 5.24. The average molecular weight is 315 g/mol. The van der Waals surface area contributed by atoms with E-state index in [2.05, 4.69) is 24.2 Å². The van der Waals surface area contributed by atoms with Crippen LogP contribution in [0.2, 0.25) is 0 Å². The first kappa shape index (κ1) is 16.0. The SMILES string of the molecule is CN1CCC(C)(CNC(=O)c2cn(C)c(=O)c3c2C=CC3)CC1. The Bertz CT molecular complexity index is 710. The number of rotatable bonds is 3. The van der Waals surface area contributed by atoms with E-state index in [1.54, 1.807) is 13.2 Å². The van der Waals surface area contributed by atoms with Gasteiger partial charge in [-0.15, -0.1) is 0 Å². The van der Waals surface area contributed by atoms with E-state index in [0.29, 0.717) is 18.5 Å². The average Bonchev–Trinajstić information content (AvgIpc) is 3.02. The Morgan fingerprint density at radius 1 is 1.30 bits per heavy atom. The zero-order valence-electron chi connectivity index (χ0n) is 14.2. The summed E-state index contributed by atoms with van der Waals surface area (Å²) < 4.78 is 1.51. The molecule has 1 N–H and O–H groups in total. The maximum absolute atomic E-state index is 12.6. The van der Waals surface area contributed by atoms with Crippen molar-refractivity contribution in [2.75, 3.05) is 26.7 Å². The van der Waals surface area contributed by atoms with E-state index in [0.717, 1.165) is 37.1 Å². The third kappa shape index (κ3) is 3.11. The summed E-state index contributed by atoms with van der Waals surface area (Å²) in [5.41, 5.74) is 2.27. The second-order valence-corrected chi connectivity index (χ2v) is 7.25. The maximum Gasteiger partial charge on any atom is 0.254 e. The van der Waals surface area contributed by atoms with Crippen LogP contribution < -0.4 is 10.9 Å². The van der Waals surface area contributed by atoms with Crippen LogP contribution >= 0.6 is 0 Å². The van der Waals surface area contributed by atoms with E-state index >= 15 is 0 Å². The lowest BCUT2D eigenvalue weighted by molar-refractivity contribution is 0.0890. The summed E-state index contributed by atoms with van der Waals surface area (Å²) in [6, 6.07) is 0. The topological polar surface area (TPSA) is 54.3 Å². The summed E-state index contributed by atoms with van der Waals surface area (Å²) in [6.07, 6.45) is 8.30. The molecule has 0 radical (unpaired) electrons. The second-order valence-electron chi connectivity index (χ2n) is 7.25. The van der Waals surface area contributed by atoms with E-state index in [1.165, 1.54) is 4.57 Å².